The average molecular weight is 242 g/mol. The Balaban J connectivity index is 1.87. The zero-order chi connectivity index (χ0) is 12.3. The van der Waals surface area contributed by atoms with Crippen molar-refractivity contribution in [2.75, 3.05) is 26.2 Å². The highest BCUT2D eigenvalue weighted by atomic mass is 16.5. The van der Waals surface area contributed by atoms with Crippen molar-refractivity contribution < 1.29 is 14.3 Å². The lowest BCUT2D eigenvalue weighted by Gasteiger charge is -2.33. The van der Waals surface area contributed by atoms with Crippen LogP contribution in [0, 0.1) is 0 Å². The van der Waals surface area contributed by atoms with Gasteiger partial charge in [0.05, 0.1) is 18.8 Å². The summed E-state index contributed by atoms with van der Waals surface area (Å²) in [5.41, 5.74) is 5.55. The van der Waals surface area contributed by atoms with E-state index in [0.717, 1.165) is 19.3 Å². The van der Waals surface area contributed by atoms with Gasteiger partial charge in [0.25, 0.3) is 5.91 Å². The van der Waals surface area contributed by atoms with E-state index in [-0.39, 0.29) is 24.2 Å². The van der Waals surface area contributed by atoms with Gasteiger partial charge >= 0.3 is 0 Å². The number of nitrogens with zero attached hydrogens (tertiary/aromatic N) is 1. The first kappa shape index (κ1) is 12.8. The Labute approximate surface area is 102 Å². The molecule has 0 saturated carbocycles. The second-order valence-corrected chi connectivity index (χ2v) is 4.75. The smallest absolute Gasteiger partial charge is 0.251 e. The molecule has 2 saturated heterocycles. The maximum atomic E-state index is 12.2. The summed E-state index contributed by atoms with van der Waals surface area (Å²) in [5, 5.41) is 0. The molecule has 2 fully saturated rings. The molecule has 98 valence electrons. The van der Waals surface area contributed by atoms with Gasteiger partial charge in [-0.25, -0.2) is 0 Å². The topological polar surface area (TPSA) is 64.8 Å². The third kappa shape index (κ3) is 2.97. The molecule has 5 nitrogen and oxygen atoms in total. The summed E-state index contributed by atoms with van der Waals surface area (Å²) in [6, 6.07) is 0. The number of amides is 1. The minimum Gasteiger partial charge on any atom is -0.375 e. The van der Waals surface area contributed by atoms with Gasteiger partial charge in [-0.3, -0.25) is 4.79 Å². The lowest BCUT2D eigenvalue weighted by atomic mass is 10.1. The number of carbonyl (C=O) groups excluding carboxylic acids is 1. The zero-order valence-corrected chi connectivity index (χ0v) is 10.4. The van der Waals surface area contributed by atoms with Crippen molar-refractivity contribution >= 4 is 5.91 Å². The van der Waals surface area contributed by atoms with Crippen LogP contribution in [-0.2, 0) is 14.3 Å². The van der Waals surface area contributed by atoms with Crippen LogP contribution in [0.1, 0.15) is 26.2 Å². The van der Waals surface area contributed by atoms with Crippen LogP contribution in [-0.4, -0.2) is 55.4 Å². The predicted octanol–water partition coefficient (Wildman–Crippen LogP) is 0.130. The molecule has 0 aromatic heterocycles. The van der Waals surface area contributed by atoms with E-state index < -0.39 is 0 Å². The van der Waals surface area contributed by atoms with Crippen LogP contribution in [0.15, 0.2) is 0 Å². The number of ether oxygens (including phenoxy) is 2. The van der Waals surface area contributed by atoms with E-state index in [0.29, 0.717) is 26.2 Å². The van der Waals surface area contributed by atoms with E-state index in [2.05, 4.69) is 6.92 Å². The summed E-state index contributed by atoms with van der Waals surface area (Å²) in [6.45, 7) is 4.60. The van der Waals surface area contributed by atoms with Crippen molar-refractivity contribution in [3.05, 3.63) is 0 Å². The van der Waals surface area contributed by atoms with Crippen molar-refractivity contribution in [3.63, 3.8) is 0 Å². The Bertz CT molecular complexity index is 272. The van der Waals surface area contributed by atoms with E-state index in [1.807, 2.05) is 4.90 Å². The van der Waals surface area contributed by atoms with Crippen LogP contribution in [0.25, 0.3) is 0 Å². The van der Waals surface area contributed by atoms with Gasteiger partial charge in [-0.2, -0.15) is 0 Å². The molecule has 0 radical (unpaired) electrons. The molecule has 2 aliphatic rings. The van der Waals surface area contributed by atoms with Gasteiger partial charge in [-0.15, -0.1) is 0 Å². The zero-order valence-electron chi connectivity index (χ0n) is 10.4. The Hall–Kier alpha value is -0.650. The number of rotatable bonds is 3. The standard InChI is InChI=1S/C12H22N2O3/c1-2-9-8-14(5-6-16-9)12(15)11-4-3-10(7-13)17-11/h9-11H,2-8,13H2,1H3. The summed E-state index contributed by atoms with van der Waals surface area (Å²) >= 11 is 0. The van der Waals surface area contributed by atoms with Crippen molar-refractivity contribution in [1.82, 2.24) is 4.90 Å². The SMILES string of the molecule is CCC1CN(C(=O)C2CCC(CN)O2)CCO1. The molecule has 0 spiro atoms. The minimum absolute atomic E-state index is 0.0620. The highest BCUT2D eigenvalue weighted by molar-refractivity contribution is 5.81. The van der Waals surface area contributed by atoms with Crippen LogP contribution in [0.5, 0.6) is 0 Å². The molecule has 17 heavy (non-hydrogen) atoms. The highest BCUT2D eigenvalue weighted by Crippen LogP contribution is 2.21. The van der Waals surface area contributed by atoms with Crippen LogP contribution < -0.4 is 5.73 Å². The number of hydrogen-bond donors (Lipinski definition) is 1. The monoisotopic (exact) mass is 242 g/mol. The molecule has 2 N–H and O–H groups in total. The average Bonchev–Trinajstić information content (AvgIpc) is 2.86. The van der Waals surface area contributed by atoms with Crippen molar-refractivity contribution in [2.45, 2.75) is 44.5 Å². The maximum Gasteiger partial charge on any atom is 0.251 e. The number of carbonyl (C=O) groups is 1. The van der Waals surface area contributed by atoms with Crippen LogP contribution in [0.2, 0.25) is 0 Å². The normalized spacial score (nSPS) is 34.0. The van der Waals surface area contributed by atoms with E-state index >= 15 is 0 Å². The quantitative estimate of drug-likeness (QED) is 0.764. The largest absolute Gasteiger partial charge is 0.375 e. The van der Waals surface area contributed by atoms with E-state index in [9.17, 15) is 4.79 Å². The molecule has 0 bridgehead atoms. The summed E-state index contributed by atoms with van der Waals surface area (Å²) in [4.78, 5) is 14.1. The fraction of sp³-hybridized carbons (Fsp3) is 0.917. The van der Waals surface area contributed by atoms with E-state index in [4.69, 9.17) is 15.2 Å². The molecule has 5 heteroatoms. The molecule has 1 amide bonds. The summed E-state index contributed by atoms with van der Waals surface area (Å²) in [6.07, 6.45) is 2.61. The van der Waals surface area contributed by atoms with Gasteiger partial charge < -0.3 is 20.1 Å². The number of hydrogen-bond acceptors (Lipinski definition) is 4. The first-order valence-corrected chi connectivity index (χ1v) is 6.50. The molecule has 3 unspecified atom stereocenters. The summed E-state index contributed by atoms with van der Waals surface area (Å²) in [7, 11) is 0. The van der Waals surface area contributed by atoms with Gasteiger partial charge in [-0.1, -0.05) is 6.92 Å². The number of morpholine rings is 1. The Kier molecular flexibility index (Phi) is 4.36. The Morgan fingerprint density at radius 3 is 2.88 bits per heavy atom. The van der Waals surface area contributed by atoms with Crippen LogP contribution in [0.3, 0.4) is 0 Å². The molecule has 0 aliphatic carbocycles. The van der Waals surface area contributed by atoms with Gasteiger partial charge in [0.1, 0.15) is 6.10 Å². The lowest BCUT2D eigenvalue weighted by Crippen LogP contribution is -2.49. The summed E-state index contributed by atoms with van der Waals surface area (Å²) < 4.78 is 11.2. The summed E-state index contributed by atoms with van der Waals surface area (Å²) in [5.74, 6) is 0.114. The van der Waals surface area contributed by atoms with Gasteiger partial charge in [0.15, 0.2) is 0 Å². The van der Waals surface area contributed by atoms with Gasteiger partial charge in [0.2, 0.25) is 0 Å². The lowest BCUT2D eigenvalue weighted by molar-refractivity contribution is -0.150. The third-order valence-electron chi connectivity index (χ3n) is 3.55. The van der Waals surface area contributed by atoms with Crippen LogP contribution >= 0.6 is 0 Å². The first-order valence-electron chi connectivity index (χ1n) is 6.50. The first-order chi connectivity index (χ1) is 8.24. The number of nitrogens with two attached hydrogens (primary N) is 1. The molecular formula is C12H22N2O3. The van der Waals surface area contributed by atoms with Crippen molar-refractivity contribution in [1.29, 1.82) is 0 Å². The fourth-order valence-corrected chi connectivity index (χ4v) is 2.43. The molecule has 0 aromatic carbocycles. The molecule has 2 rings (SSSR count). The Morgan fingerprint density at radius 1 is 1.41 bits per heavy atom. The van der Waals surface area contributed by atoms with E-state index in [1.54, 1.807) is 0 Å². The van der Waals surface area contributed by atoms with Crippen molar-refractivity contribution in [3.8, 4) is 0 Å². The second-order valence-electron chi connectivity index (χ2n) is 4.75. The van der Waals surface area contributed by atoms with E-state index in [1.165, 1.54) is 0 Å². The van der Waals surface area contributed by atoms with Gasteiger partial charge in [0, 0.05) is 19.6 Å². The predicted molar refractivity (Wildman–Crippen MR) is 63.6 cm³/mol. The second kappa shape index (κ2) is 5.80. The highest BCUT2D eigenvalue weighted by Gasteiger charge is 2.34. The molecule has 3 atom stereocenters. The maximum absolute atomic E-state index is 12.2. The van der Waals surface area contributed by atoms with Gasteiger partial charge in [-0.05, 0) is 19.3 Å². The minimum atomic E-state index is -0.279. The fourth-order valence-electron chi connectivity index (χ4n) is 2.43. The molecule has 2 heterocycles. The molecular weight excluding hydrogens is 220 g/mol. The third-order valence-corrected chi connectivity index (χ3v) is 3.55. The van der Waals surface area contributed by atoms with Crippen LogP contribution in [0.4, 0.5) is 0 Å². The Morgan fingerprint density at radius 2 is 2.24 bits per heavy atom. The van der Waals surface area contributed by atoms with Crippen molar-refractivity contribution in [2.24, 2.45) is 5.73 Å². The molecule has 2 aliphatic heterocycles. The molecule has 0 aromatic rings.